The molecule has 0 amide bonds. The van der Waals surface area contributed by atoms with Gasteiger partial charge < -0.3 is 10.8 Å². The lowest BCUT2D eigenvalue weighted by molar-refractivity contribution is 0.412. The molecule has 0 aliphatic heterocycles. The summed E-state index contributed by atoms with van der Waals surface area (Å²) in [5, 5.41) is 11.0. The van der Waals surface area contributed by atoms with Crippen LogP contribution in [0.3, 0.4) is 0 Å². The third-order valence-corrected chi connectivity index (χ3v) is 5.08. The van der Waals surface area contributed by atoms with Crippen LogP contribution in [0.4, 0.5) is 5.82 Å². The third-order valence-electron chi connectivity index (χ3n) is 5.08. The topological polar surface area (TPSA) is 84.9 Å². The number of nitrogens with two attached hydrogens (primary N) is 1. The molecule has 3 aromatic rings. The fourth-order valence-electron chi connectivity index (χ4n) is 3.39. The van der Waals surface area contributed by atoms with Crippen LogP contribution in [0, 0.1) is 13.8 Å². The van der Waals surface area contributed by atoms with Crippen LogP contribution in [0.1, 0.15) is 42.0 Å². The molecule has 0 unspecified atom stereocenters. The number of hydrogen-bond acceptors (Lipinski definition) is 5. The van der Waals surface area contributed by atoms with Gasteiger partial charge in [0.2, 0.25) is 0 Å². The van der Waals surface area contributed by atoms with Crippen molar-refractivity contribution >= 4 is 16.7 Å². The van der Waals surface area contributed by atoms with E-state index in [9.17, 15) is 5.11 Å². The van der Waals surface area contributed by atoms with Crippen LogP contribution in [-0.4, -0.2) is 20.1 Å². The van der Waals surface area contributed by atoms with Crippen LogP contribution >= 0.6 is 0 Å². The lowest BCUT2D eigenvalue weighted by atomic mass is 9.82. The van der Waals surface area contributed by atoms with Crippen molar-refractivity contribution in [3.8, 4) is 17.0 Å². The van der Waals surface area contributed by atoms with Gasteiger partial charge in [0.05, 0.1) is 5.69 Å². The number of anilines is 1. The Kier molecular flexibility index (Phi) is 3.37. The van der Waals surface area contributed by atoms with E-state index in [0.29, 0.717) is 11.7 Å². The average Bonchev–Trinajstić information content (AvgIpc) is 2.51. The average molecular weight is 320 g/mol. The molecule has 24 heavy (non-hydrogen) atoms. The highest BCUT2D eigenvalue weighted by molar-refractivity contribution is 5.98. The Labute approximate surface area is 140 Å². The van der Waals surface area contributed by atoms with Gasteiger partial charge in [-0.25, -0.2) is 9.97 Å². The standard InChI is InChI=1S/C19H20N4O/c1-10-6-7-15(24)11(2)16(10)18-17-13(19(20)22-9-21-17)8-14(23-18)12-4-3-5-12/h6-9,12,24H,3-5H2,1-2H3,(H2,20,21,22). The first kappa shape index (κ1) is 14.9. The predicted octanol–water partition coefficient (Wildman–Crippen LogP) is 3.86. The predicted molar refractivity (Wildman–Crippen MR) is 94.9 cm³/mol. The molecule has 5 nitrogen and oxygen atoms in total. The molecular weight excluding hydrogens is 300 g/mol. The number of nitrogen functional groups attached to an aromatic ring is 1. The second-order valence-corrected chi connectivity index (χ2v) is 6.58. The monoisotopic (exact) mass is 320 g/mol. The number of hydrogen-bond donors (Lipinski definition) is 2. The van der Waals surface area contributed by atoms with E-state index in [1.807, 2.05) is 26.0 Å². The first-order valence-electron chi connectivity index (χ1n) is 8.27. The van der Waals surface area contributed by atoms with E-state index in [0.717, 1.165) is 51.8 Å². The summed E-state index contributed by atoms with van der Waals surface area (Å²) < 4.78 is 0. The molecule has 2 heterocycles. The number of aryl methyl sites for hydroxylation is 1. The molecule has 1 fully saturated rings. The van der Waals surface area contributed by atoms with Crippen molar-refractivity contribution in [3.63, 3.8) is 0 Å². The van der Waals surface area contributed by atoms with Gasteiger partial charge in [0.25, 0.3) is 0 Å². The zero-order valence-corrected chi connectivity index (χ0v) is 13.9. The summed E-state index contributed by atoms with van der Waals surface area (Å²) in [7, 11) is 0. The Bertz CT molecular complexity index is 948. The van der Waals surface area contributed by atoms with Gasteiger partial charge in [-0.1, -0.05) is 12.5 Å². The van der Waals surface area contributed by atoms with Crippen molar-refractivity contribution in [3.05, 3.63) is 41.3 Å². The fourth-order valence-corrected chi connectivity index (χ4v) is 3.39. The second kappa shape index (κ2) is 5.44. The second-order valence-electron chi connectivity index (χ2n) is 6.58. The van der Waals surface area contributed by atoms with Gasteiger partial charge in [-0.15, -0.1) is 0 Å². The SMILES string of the molecule is Cc1ccc(O)c(C)c1-c1nc(C2CCC2)cc2c(N)ncnc12. The molecule has 2 aromatic heterocycles. The lowest BCUT2D eigenvalue weighted by Gasteiger charge is -2.26. The number of phenols is 1. The van der Waals surface area contributed by atoms with Crippen molar-refractivity contribution in [2.45, 2.75) is 39.0 Å². The molecule has 1 saturated carbocycles. The molecule has 3 N–H and O–H groups in total. The molecule has 5 heteroatoms. The summed E-state index contributed by atoms with van der Waals surface area (Å²) in [6.45, 7) is 3.93. The molecular formula is C19H20N4O. The van der Waals surface area contributed by atoms with Gasteiger partial charge in [-0.3, -0.25) is 4.98 Å². The highest BCUT2D eigenvalue weighted by Crippen LogP contribution is 2.40. The summed E-state index contributed by atoms with van der Waals surface area (Å²) >= 11 is 0. The minimum atomic E-state index is 0.265. The van der Waals surface area contributed by atoms with Crippen molar-refractivity contribution in [2.75, 3.05) is 5.73 Å². The summed E-state index contributed by atoms with van der Waals surface area (Å²) in [6.07, 6.45) is 5.02. The van der Waals surface area contributed by atoms with Crippen LogP contribution in [0.5, 0.6) is 5.75 Å². The fraction of sp³-hybridized carbons (Fsp3) is 0.316. The van der Waals surface area contributed by atoms with Crippen molar-refractivity contribution in [1.82, 2.24) is 15.0 Å². The maximum Gasteiger partial charge on any atom is 0.134 e. The molecule has 0 radical (unpaired) electrons. The number of fused-ring (bicyclic) bond motifs is 1. The van der Waals surface area contributed by atoms with Crippen LogP contribution in [0.15, 0.2) is 24.5 Å². The van der Waals surface area contributed by atoms with Gasteiger partial charge >= 0.3 is 0 Å². The number of pyridine rings is 1. The summed E-state index contributed by atoms with van der Waals surface area (Å²) in [5.74, 6) is 1.21. The quantitative estimate of drug-likeness (QED) is 0.749. The number of aromatic hydroxyl groups is 1. The molecule has 1 aromatic carbocycles. The minimum absolute atomic E-state index is 0.265. The summed E-state index contributed by atoms with van der Waals surface area (Å²) in [5.41, 5.74) is 11.5. The van der Waals surface area contributed by atoms with Gasteiger partial charge in [-0.2, -0.15) is 0 Å². The first-order chi connectivity index (χ1) is 11.6. The number of aromatic nitrogens is 3. The van der Waals surface area contributed by atoms with E-state index in [-0.39, 0.29) is 5.75 Å². The van der Waals surface area contributed by atoms with Crippen LogP contribution in [0.2, 0.25) is 0 Å². The minimum Gasteiger partial charge on any atom is -0.508 e. The largest absolute Gasteiger partial charge is 0.508 e. The molecule has 0 atom stereocenters. The molecule has 122 valence electrons. The van der Waals surface area contributed by atoms with Gasteiger partial charge in [0, 0.05) is 28.1 Å². The maximum absolute atomic E-state index is 10.2. The highest BCUT2D eigenvalue weighted by atomic mass is 16.3. The van der Waals surface area contributed by atoms with Crippen molar-refractivity contribution in [2.24, 2.45) is 0 Å². The van der Waals surface area contributed by atoms with Crippen LogP contribution in [0.25, 0.3) is 22.2 Å². The van der Waals surface area contributed by atoms with Crippen LogP contribution in [-0.2, 0) is 0 Å². The molecule has 0 bridgehead atoms. The smallest absolute Gasteiger partial charge is 0.134 e. The van der Waals surface area contributed by atoms with Crippen LogP contribution < -0.4 is 5.73 Å². The normalized spacial score (nSPS) is 14.8. The molecule has 0 spiro atoms. The number of phenolic OH excluding ortho intramolecular Hbond substituents is 1. The Hall–Kier alpha value is -2.69. The number of rotatable bonds is 2. The van der Waals surface area contributed by atoms with Crippen molar-refractivity contribution in [1.29, 1.82) is 0 Å². The van der Waals surface area contributed by atoms with E-state index in [1.165, 1.54) is 12.7 Å². The van der Waals surface area contributed by atoms with E-state index in [2.05, 4.69) is 9.97 Å². The highest BCUT2D eigenvalue weighted by Gasteiger charge is 2.24. The summed E-state index contributed by atoms with van der Waals surface area (Å²) in [6, 6.07) is 5.66. The Morgan fingerprint density at radius 2 is 1.96 bits per heavy atom. The van der Waals surface area contributed by atoms with Crippen molar-refractivity contribution < 1.29 is 5.11 Å². The molecule has 0 saturated heterocycles. The number of benzene rings is 1. The number of nitrogens with zero attached hydrogens (tertiary/aromatic N) is 3. The first-order valence-corrected chi connectivity index (χ1v) is 8.27. The Morgan fingerprint density at radius 1 is 1.17 bits per heavy atom. The van der Waals surface area contributed by atoms with Gasteiger partial charge in [0.1, 0.15) is 23.4 Å². The molecule has 1 aliphatic carbocycles. The zero-order valence-electron chi connectivity index (χ0n) is 13.9. The maximum atomic E-state index is 10.2. The van der Waals surface area contributed by atoms with E-state index in [1.54, 1.807) is 6.07 Å². The van der Waals surface area contributed by atoms with E-state index < -0.39 is 0 Å². The summed E-state index contributed by atoms with van der Waals surface area (Å²) in [4.78, 5) is 13.5. The third kappa shape index (κ3) is 2.19. The lowest BCUT2D eigenvalue weighted by Crippen LogP contribution is -2.12. The molecule has 1 aliphatic rings. The Balaban J connectivity index is 2.07. The molecule has 4 rings (SSSR count). The van der Waals surface area contributed by atoms with E-state index >= 15 is 0 Å². The zero-order chi connectivity index (χ0) is 16.8. The Morgan fingerprint density at radius 3 is 2.67 bits per heavy atom. The van der Waals surface area contributed by atoms with Gasteiger partial charge in [0.15, 0.2) is 0 Å². The van der Waals surface area contributed by atoms with E-state index in [4.69, 9.17) is 10.7 Å². The van der Waals surface area contributed by atoms with Gasteiger partial charge in [-0.05, 0) is 44.4 Å².